The number of para-hydroxylation sites is 2. The first kappa shape index (κ1) is 43.4. The summed E-state index contributed by atoms with van der Waals surface area (Å²) in [4.78, 5) is 17.5. The number of halogens is 5. The number of pyridine rings is 2. The van der Waals surface area contributed by atoms with Gasteiger partial charge in [-0.15, -0.1) is 0 Å². The molecule has 265 valence electrons. The van der Waals surface area contributed by atoms with Gasteiger partial charge in [0, 0.05) is 49.8 Å². The van der Waals surface area contributed by atoms with E-state index in [1.54, 1.807) is 49.1 Å². The number of hydrogen-bond acceptors (Lipinski definition) is 10. The Morgan fingerprint density at radius 3 is 1.39 bits per heavy atom. The summed E-state index contributed by atoms with van der Waals surface area (Å²) in [6.45, 7) is 0. The van der Waals surface area contributed by atoms with E-state index in [0.29, 0.717) is 11.1 Å². The summed E-state index contributed by atoms with van der Waals surface area (Å²) in [6.07, 6.45) is 6.69. The molecule has 0 atom stereocenters. The van der Waals surface area contributed by atoms with Crippen LogP contribution in [-0.4, -0.2) is 53.1 Å². The number of aliphatic hydroxyl groups is 1. The molecular formula is C34H24F3FeI2N4O6S. The summed E-state index contributed by atoms with van der Waals surface area (Å²) < 4.78 is 60.9. The molecule has 0 aliphatic rings. The molecule has 4 aromatic carbocycles. The Balaban J connectivity index is 0.000000278. The molecule has 0 aliphatic heterocycles. The van der Waals surface area contributed by atoms with Crippen molar-refractivity contribution in [3.8, 4) is 11.5 Å². The number of aromatic nitrogens is 2. The van der Waals surface area contributed by atoms with Crippen molar-refractivity contribution in [3.63, 3.8) is 0 Å². The summed E-state index contributed by atoms with van der Waals surface area (Å²) in [7, 11) is -5.09. The van der Waals surface area contributed by atoms with Crippen molar-refractivity contribution in [1.82, 2.24) is 9.97 Å². The van der Waals surface area contributed by atoms with Crippen LogP contribution in [0, 0.1) is 7.14 Å². The molecule has 0 bridgehead atoms. The third-order valence-corrected chi connectivity index (χ3v) is 8.04. The molecule has 0 saturated carbocycles. The quantitative estimate of drug-likeness (QED) is 0.0648. The van der Waals surface area contributed by atoms with Crippen LogP contribution in [0.15, 0.2) is 119 Å². The number of hydrogen-bond donors (Lipinski definition) is 1. The van der Waals surface area contributed by atoms with E-state index >= 15 is 0 Å². The molecule has 51 heavy (non-hydrogen) atoms. The number of aliphatic hydroxyl groups excluding tert-OH is 1. The zero-order valence-electron chi connectivity index (χ0n) is 26.0. The van der Waals surface area contributed by atoms with Crippen LogP contribution >= 0.6 is 45.2 Å². The summed E-state index contributed by atoms with van der Waals surface area (Å²) in [5, 5.41) is 32.6. The minimum atomic E-state index is -6.09. The molecule has 0 unspecified atom stereocenters. The monoisotopic (exact) mass is 983 g/mol. The third-order valence-electron chi connectivity index (χ3n) is 6.14. The number of nitrogens with zero attached hydrogens (tertiary/aromatic N) is 4. The maximum atomic E-state index is 11.7. The van der Waals surface area contributed by atoms with Crippen LogP contribution in [0.25, 0.3) is 21.8 Å². The summed E-state index contributed by atoms with van der Waals surface area (Å²) in [5.74, 6) is -0.0512. The molecule has 0 spiro atoms. The molecule has 1 radical (unpaired) electrons. The van der Waals surface area contributed by atoms with E-state index in [0.717, 1.165) is 47.4 Å². The number of benzene rings is 4. The largest absolute Gasteiger partial charge is 3.00 e. The van der Waals surface area contributed by atoms with Gasteiger partial charge in [-0.05, 0) is 105 Å². The van der Waals surface area contributed by atoms with Crippen molar-refractivity contribution in [1.29, 1.82) is 0 Å². The number of rotatable bonds is 4. The summed E-state index contributed by atoms with van der Waals surface area (Å²) >= 11 is 4.36. The van der Waals surface area contributed by atoms with Gasteiger partial charge in [-0.25, -0.2) is 8.42 Å². The van der Waals surface area contributed by atoms with E-state index in [1.807, 2.05) is 72.8 Å². The molecule has 0 fully saturated rings. The van der Waals surface area contributed by atoms with Crippen molar-refractivity contribution in [2.75, 3.05) is 7.11 Å². The van der Waals surface area contributed by atoms with Gasteiger partial charge in [0.25, 0.3) is 0 Å². The first-order valence-electron chi connectivity index (χ1n) is 13.9. The second kappa shape index (κ2) is 20.4. The van der Waals surface area contributed by atoms with Gasteiger partial charge in [0.1, 0.15) is 0 Å². The molecule has 2 aromatic heterocycles. The Morgan fingerprint density at radius 1 is 0.686 bits per heavy atom. The predicted molar refractivity (Wildman–Crippen MR) is 199 cm³/mol. The Labute approximate surface area is 328 Å². The fourth-order valence-electron chi connectivity index (χ4n) is 3.90. The first-order valence-corrected chi connectivity index (χ1v) is 17.4. The fourth-order valence-corrected chi connectivity index (χ4v) is 4.93. The maximum Gasteiger partial charge on any atom is 3.00 e. The van der Waals surface area contributed by atoms with Crippen molar-refractivity contribution < 1.29 is 58.5 Å². The standard InChI is InChI=1S/2C16H11IN2O.CHF3O3S.CH4O.Fe/c2*17-13-6-7-15(20)12(9-13)10-19-14-5-1-3-11-4-2-8-18-16(11)14;2-1(3,4)8(5,6)7;1-2;/h2*1-10,20H;(H,5,6,7);2H,1H3;/q;;;;+3/p-3. The molecule has 0 saturated heterocycles. The summed E-state index contributed by atoms with van der Waals surface area (Å²) in [6, 6.07) is 29.8. The molecule has 6 aromatic rings. The maximum absolute atomic E-state index is 11.7. The number of aliphatic imine (C=N–C) groups is 2. The molecule has 1 N–H and O–H groups in total. The van der Waals surface area contributed by atoms with Crippen molar-refractivity contribution in [2.24, 2.45) is 9.98 Å². The second-order valence-corrected chi connectivity index (χ2v) is 13.3. The van der Waals surface area contributed by atoms with Gasteiger partial charge < -0.3 is 19.9 Å². The van der Waals surface area contributed by atoms with Gasteiger partial charge in [-0.1, -0.05) is 60.0 Å². The van der Waals surface area contributed by atoms with Crippen LogP contribution in [0.1, 0.15) is 11.1 Å². The van der Waals surface area contributed by atoms with Crippen molar-refractivity contribution in [2.45, 2.75) is 5.51 Å². The first-order chi connectivity index (χ1) is 23.7. The van der Waals surface area contributed by atoms with Gasteiger partial charge in [0.2, 0.25) is 0 Å². The molecule has 0 aliphatic carbocycles. The van der Waals surface area contributed by atoms with Crippen LogP contribution in [-0.2, 0) is 27.2 Å². The fraction of sp³-hybridized carbons (Fsp3) is 0.0588. The summed E-state index contributed by atoms with van der Waals surface area (Å²) in [5.41, 5.74) is -1.27. The molecule has 10 nitrogen and oxygen atoms in total. The van der Waals surface area contributed by atoms with E-state index in [4.69, 9.17) is 18.1 Å². The average molecular weight is 983 g/mol. The van der Waals surface area contributed by atoms with Gasteiger partial charge in [-0.2, -0.15) is 13.2 Å². The second-order valence-electron chi connectivity index (χ2n) is 9.49. The minimum absolute atomic E-state index is 0. The minimum Gasteiger partial charge on any atom is -0.872 e. The van der Waals surface area contributed by atoms with Crippen LogP contribution in [0.4, 0.5) is 24.5 Å². The van der Waals surface area contributed by atoms with Crippen molar-refractivity contribution in [3.05, 3.63) is 128 Å². The Kier molecular flexibility index (Phi) is 17.3. The van der Waals surface area contributed by atoms with Gasteiger partial charge >= 0.3 is 22.6 Å². The molecule has 17 heteroatoms. The van der Waals surface area contributed by atoms with Gasteiger partial charge in [-0.3, -0.25) is 20.0 Å². The molecule has 6 rings (SSSR count). The normalized spacial score (nSPS) is 11.1. The van der Waals surface area contributed by atoms with Crippen LogP contribution in [0.3, 0.4) is 0 Å². The van der Waals surface area contributed by atoms with E-state index < -0.39 is 15.6 Å². The zero-order valence-corrected chi connectivity index (χ0v) is 32.2. The number of alkyl halides is 3. The molecule has 2 heterocycles. The van der Waals surface area contributed by atoms with Crippen LogP contribution < -0.4 is 10.2 Å². The number of fused-ring (bicyclic) bond motifs is 2. The Hall–Kier alpha value is -3.72. The van der Waals surface area contributed by atoms with E-state index in [9.17, 15) is 23.4 Å². The molecule has 0 amide bonds. The third kappa shape index (κ3) is 13.1. The zero-order chi connectivity index (χ0) is 36.9. The van der Waals surface area contributed by atoms with E-state index in [1.165, 1.54) is 0 Å². The topological polar surface area (TPSA) is 174 Å². The Morgan fingerprint density at radius 2 is 1.04 bits per heavy atom. The Bertz CT molecular complexity index is 2100. The van der Waals surface area contributed by atoms with Gasteiger partial charge in [0.15, 0.2) is 10.1 Å². The van der Waals surface area contributed by atoms with Crippen molar-refractivity contribution >= 4 is 101 Å². The van der Waals surface area contributed by atoms with Crippen LogP contribution in [0.2, 0.25) is 0 Å². The SMILES string of the molecule is CO.O=S(=O)([O-])C(F)(F)F.[Fe+3].[O-]c1ccc(I)cc1C=Nc1cccc2cccnc12.[O-]c1ccc(I)cc1C=Nc1cccc2cccnc12. The van der Waals surface area contributed by atoms with E-state index in [-0.39, 0.29) is 28.6 Å². The van der Waals surface area contributed by atoms with Crippen LogP contribution in [0.5, 0.6) is 11.5 Å². The average Bonchev–Trinajstić information content (AvgIpc) is 3.09. The smallest absolute Gasteiger partial charge is 0.872 e. The predicted octanol–water partition coefficient (Wildman–Crippen LogP) is 6.98. The van der Waals surface area contributed by atoms with E-state index in [2.05, 4.69) is 65.1 Å². The van der Waals surface area contributed by atoms with Gasteiger partial charge in [0.05, 0.1) is 22.4 Å². The molecular weight excluding hydrogens is 959 g/mol.